The van der Waals surface area contributed by atoms with Crippen LogP contribution in [0.5, 0.6) is 0 Å². The molecule has 0 aromatic heterocycles. The van der Waals surface area contributed by atoms with Crippen molar-refractivity contribution >= 4 is 46.3 Å². The maximum atomic E-state index is 2.41. The zero-order valence-electron chi connectivity index (χ0n) is 33.4. The maximum absolute atomic E-state index is 2.41. The van der Waals surface area contributed by atoms with E-state index in [1.54, 1.807) is 0 Å². The standard InChI is InChI=1S/C56H46N2/c1-56(2,3)51-35-40(27-34-50(51)42-30-32-48(33-31-42)57-52-19-8-4-13-44(52)36-45-14-5-9-20-53(45)57)24-23-39-25-28-41(29-26-39)43-17-12-18-49(38-43)58-54-21-10-6-15-46(54)37-47-16-7-11-22-55(47)58/h4-35,38H,36-37H2,1-3H3/b24-23+. The molecule has 0 spiro atoms. The van der Waals surface area contributed by atoms with E-state index in [4.69, 9.17) is 0 Å². The molecule has 2 nitrogen and oxygen atoms in total. The quantitative estimate of drug-likeness (QED) is 0.156. The van der Waals surface area contributed by atoms with E-state index in [1.165, 1.54) is 95.3 Å². The lowest BCUT2D eigenvalue weighted by atomic mass is 9.81. The Morgan fingerprint density at radius 3 is 1.38 bits per heavy atom. The molecule has 10 rings (SSSR count). The SMILES string of the molecule is CC(C)(C)c1cc(/C=C/c2ccc(-c3cccc(N4c5ccccc5Cc5ccccc54)c3)cc2)ccc1-c1ccc(N2c3ccccc3Cc3ccccc32)cc1. The molecule has 0 radical (unpaired) electrons. The highest BCUT2D eigenvalue weighted by Crippen LogP contribution is 2.46. The fraction of sp³-hybridized carbons (Fsp3) is 0.107. The third-order valence-corrected chi connectivity index (χ3v) is 11.8. The molecule has 0 aliphatic carbocycles. The Hall–Kier alpha value is -6.90. The maximum Gasteiger partial charge on any atom is 0.0497 e. The minimum atomic E-state index is -0.0306. The Morgan fingerprint density at radius 1 is 0.379 bits per heavy atom. The molecule has 0 N–H and O–H groups in total. The number of nitrogens with zero attached hydrogens (tertiary/aromatic N) is 2. The highest BCUT2D eigenvalue weighted by atomic mass is 15.2. The van der Waals surface area contributed by atoms with Crippen molar-refractivity contribution in [2.45, 2.75) is 39.0 Å². The summed E-state index contributed by atoms with van der Waals surface area (Å²) < 4.78 is 0. The Bertz CT molecular complexity index is 2730. The van der Waals surface area contributed by atoms with Crippen LogP contribution in [-0.4, -0.2) is 0 Å². The first-order valence-corrected chi connectivity index (χ1v) is 20.4. The van der Waals surface area contributed by atoms with Gasteiger partial charge in [0.2, 0.25) is 0 Å². The molecule has 2 heterocycles. The lowest BCUT2D eigenvalue weighted by molar-refractivity contribution is 0.592. The Morgan fingerprint density at radius 2 is 0.845 bits per heavy atom. The smallest absolute Gasteiger partial charge is 0.0497 e. The molecule has 2 aliphatic heterocycles. The van der Waals surface area contributed by atoms with Crippen LogP contribution in [0.1, 0.15) is 59.7 Å². The fourth-order valence-electron chi connectivity index (χ4n) is 8.87. The second-order valence-electron chi connectivity index (χ2n) is 16.6. The van der Waals surface area contributed by atoms with Gasteiger partial charge in [-0.3, -0.25) is 0 Å². The first-order valence-electron chi connectivity index (χ1n) is 20.4. The van der Waals surface area contributed by atoms with Gasteiger partial charge in [0.05, 0.1) is 0 Å². The van der Waals surface area contributed by atoms with Crippen molar-refractivity contribution in [3.63, 3.8) is 0 Å². The molecule has 0 amide bonds. The van der Waals surface area contributed by atoms with Gasteiger partial charge >= 0.3 is 0 Å². The second kappa shape index (κ2) is 14.6. The van der Waals surface area contributed by atoms with E-state index >= 15 is 0 Å². The van der Waals surface area contributed by atoms with Crippen molar-refractivity contribution in [3.8, 4) is 22.3 Å². The van der Waals surface area contributed by atoms with E-state index in [9.17, 15) is 0 Å². The first-order chi connectivity index (χ1) is 28.4. The van der Waals surface area contributed by atoms with E-state index in [-0.39, 0.29) is 5.41 Å². The average Bonchev–Trinajstić information content (AvgIpc) is 3.26. The summed E-state index contributed by atoms with van der Waals surface area (Å²) >= 11 is 0. The zero-order valence-corrected chi connectivity index (χ0v) is 33.4. The molecule has 0 bridgehead atoms. The Balaban J connectivity index is 0.899. The summed E-state index contributed by atoms with van der Waals surface area (Å²) in [6.45, 7) is 6.93. The molecule has 0 saturated carbocycles. The van der Waals surface area contributed by atoms with Gasteiger partial charge in [-0.1, -0.05) is 172 Å². The minimum absolute atomic E-state index is 0.0306. The van der Waals surface area contributed by atoms with E-state index < -0.39 is 0 Å². The number of anilines is 6. The van der Waals surface area contributed by atoms with E-state index in [0.29, 0.717) is 0 Å². The van der Waals surface area contributed by atoms with Crippen LogP contribution in [0.3, 0.4) is 0 Å². The topological polar surface area (TPSA) is 6.48 Å². The highest BCUT2D eigenvalue weighted by Gasteiger charge is 2.26. The van der Waals surface area contributed by atoms with Crippen molar-refractivity contribution < 1.29 is 0 Å². The van der Waals surface area contributed by atoms with Crippen LogP contribution in [0.25, 0.3) is 34.4 Å². The van der Waals surface area contributed by atoms with Gasteiger partial charge in [-0.05, 0) is 115 Å². The number of fused-ring (bicyclic) bond motifs is 4. The van der Waals surface area contributed by atoms with Crippen LogP contribution in [-0.2, 0) is 18.3 Å². The van der Waals surface area contributed by atoms with Gasteiger partial charge in [-0.15, -0.1) is 0 Å². The summed E-state index contributed by atoms with van der Waals surface area (Å²) in [5.74, 6) is 0. The predicted octanol–water partition coefficient (Wildman–Crippen LogP) is 15.2. The average molecular weight is 747 g/mol. The third kappa shape index (κ3) is 6.61. The molecule has 2 aliphatic rings. The summed E-state index contributed by atoms with van der Waals surface area (Å²) in [5.41, 5.74) is 21.4. The molecule has 0 unspecified atom stereocenters. The van der Waals surface area contributed by atoms with E-state index in [2.05, 4.69) is 231 Å². The summed E-state index contributed by atoms with van der Waals surface area (Å²) in [4.78, 5) is 4.82. The highest BCUT2D eigenvalue weighted by molar-refractivity contribution is 5.87. The van der Waals surface area contributed by atoms with Crippen molar-refractivity contribution in [1.29, 1.82) is 0 Å². The number of para-hydroxylation sites is 4. The third-order valence-electron chi connectivity index (χ3n) is 11.8. The van der Waals surface area contributed by atoms with Gasteiger partial charge in [-0.25, -0.2) is 0 Å². The van der Waals surface area contributed by atoms with E-state index in [1.807, 2.05) is 0 Å². The molecule has 2 heteroatoms. The normalized spacial score (nSPS) is 13.2. The van der Waals surface area contributed by atoms with Crippen LogP contribution in [0.4, 0.5) is 34.1 Å². The summed E-state index contributed by atoms with van der Waals surface area (Å²) in [7, 11) is 0. The Labute approximate surface area is 343 Å². The molecule has 8 aromatic rings. The van der Waals surface area contributed by atoms with Gasteiger partial charge in [0.1, 0.15) is 0 Å². The van der Waals surface area contributed by atoms with Crippen LogP contribution in [0.15, 0.2) is 188 Å². The summed E-state index contributed by atoms with van der Waals surface area (Å²) in [6.07, 6.45) is 6.39. The van der Waals surface area contributed by atoms with Gasteiger partial charge < -0.3 is 9.80 Å². The molecule has 0 fully saturated rings. The fourth-order valence-corrected chi connectivity index (χ4v) is 8.87. The van der Waals surface area contributed by atoms with Crippen LogP contribution < -0.4 is 9.80 Å². The van der Waals surface area contributed by atoms with Crippen LogP contribution in [0.2, 0.25) is 0 Å². The van der Waals surface area contributed by atoms with Gasteiger partial charge in [-0.2, -0.15) is 0 Å². The Kier molecular flexibility index (Phi) is 8.91. The summed E-state index contributed by atoms with van der Waals surface area (Å²) in [6, 6.07) is 69.0. The number of hydrogen-bond acceptors (Lipinski definition) is 2. The number of benzene rings is 8. The van der Waals surface area contributed by atoms with Crippen molar-refractivity contribution in [1.82, 2.24) is 0 Å². The second-order valence-corrected chi connectivity index (χ2v) is 16.6. The molecular weight excluding hydrogens is 701 g/mol. The van der Waals surface area contributed by atoms with Crippen molar-refractivity contribution in [3.05, 3.63) is 227 Å². The van der Waals surface area contributed by atoms with Gasteiger partial charge in [0.15, 0.2) is 0 Å². The number of rotatable bonds is 6. The molecular formula is C56H46N2. The van der Waals surface area contributed by atoms with Gasteiger partial charge in [0, 0.05) is 47.0 Å². The molecule has 0 atom stereocenters. The molecule has 0 saturated heterocycles. The molecule has 58 heavy (non-hydrogen) atoms. The van der Waals surface area contributed by atoms with E-state index in [0.717, 1.165) is 12.8 Å². The predicted molar refractivity (Wildman–Crippen MR) is 246 cm³/mol. The largest absolute Gasteiger partial charge is 0.310 e. The zero-order chi connectivity index (χ0) is 39.2. The number of hydrogen-bond donors (Lipinski definition) is 0. The molecule has 280 valence electrons. The minimum Gasteiger partial charge on any atom is -0.310 e. The van der Waals surface area contributed by atoms with Crippen LogP contribution >= 0.6 is 0 Å². The van der Waals surface area contributed by atoms with Crippen molar-refractivity contribution in [2.24, 2.45) is 0 Å². The summed E-state index contributed by atoms with van der Waals surface area (Å²) in [5, 5.41) is 0. The van der Waals surface area contributed by atoms with Gasteiger partial charge in [0.25, 0.3) is 0 Å². The monoisotopic (exact) mass is 746 g/mol. The lowest BCUT2D eigenvalue weighted by Crippen LogP contribution is -2.18. The first kappa shape index (κ1) is 35.5. The van der Waals surface area contributed by atoms with Crippen LogP contribution in [0, 0.1) is 0 Å². The van der Waals surface area contributed by atoms with Crippen molar-refractivity contribution in [2.75, 3.05) is 9.80 Å². The lowest BCUT2D eigenvalue weighted by Gasteiger charge is -2.33. The molecule has 8 aromatic carbocycles.